The molecule has 2 aromatic rings. The van der Waals surface area contributed by atoms with Crippen LogP contribution < -0.4 is 11.4 Å². The van der Waals surface area contributed by atoms with Crippen molar-refractivity contribution in [2.24, 2.45) is 25.7 Å². The van der Waals surface area contributed by atoms with Gasteiger partial charge in [-0.05, 0) is 24.1 Å². The first-order valence-electron chi connectivity index (χ1n) is 6.69. The average Bonchev–Trinajstić information content (AvgIpc) is 3.03. The summed E-state index contributed by atoms with van der Waals surface area (Å²) in [4.78, 5) is 12.0. The number of ether oxygens (including phenoxy) is 1. The van der Waals surface area contributed by atoms with Gasteiger partial charge in [0.25, 0.3) is 0 Å². The average molecular weight is 340 g/mol. The van der Waals surface area contributed by atoms with E-state index in [2.05, 4.69) is 15.9 Å². The van der Waals surface area contributed by atoms with Gasteiger partial charge in [0.1, 0.15) is 0 Å². The second-order valence-corrected chi connectivity index (χ2v) is 6.27. The van der Waals surface area contributed by atoms with Crippen LogP contribution in [0.5, 0.6) is 0 Å². The Hall–Kier alpha value is -1.11. The van der Waals surface area contributed by atoms with Gasteiger partial charge in [-0.2, -0.15) is 0 Å². The molecule has 0 radical (unpaired) electrons. The maximum Gasteiger partial charge on any atom is 0.328 e. The molecule has 6 heteroatoms. The topological polar surface area (TPSA) is 62.2 Å². The zero-order valence-electron chi connectivity index (χ0n) is 11.6. The smallest absolute Gasteiger partial charge is 0.328 e. The van der Waals surface area contributed by atoms with Crippen molar-refractivity contribution in [2.45, 2.75) is 12.5 Å². The Kier molecular flexibility index (Phi) is 3.48. The van der Waals surface area contributed by atoms with E-state index < -0.39 is 0 Å². The van der Waals surface area contributed by atoms with E-state index >= 15 is 0 Å². The highest BCUT2D eigenvalue weighted by Gasteiger charge is 2.26. The number of nitrogens with two attached hydrogens (primary N) is 1. The van der Waals surface area contributed by atoms with Crippen LogP contribution in [-0.2, 0) is 18.8 Å². The molecule has 0 spiro atoms. The van der Waals surface area contributed by atoms with Crippen LogP contribution in [-0.4, -0.2) is 22.3 Å². The SMILES string of the molecule is Cn1c(=O)n(C)c2cc(C(N)C3CCOC3)c(Br)cc21. The molecular formula is C14H18BrN3O2. The van der Waals surface area contributed by atoms with E-state index in [1.165, 1.54) is 0 Å². The third-order valence-electron chi connectivity index (χ3n) is 4.22. The molecule has 1 aliphatic heterocycles. The number of nitrogens with zero attached hydrogens (tertiary/aromatic N) is 2. The van der Waals surface area contributed by atoms with E-state index in [0.29, 0.717) is 12.5 Å². The van der Waals surface area contributed by atoms with Crippen molar-refractivity contribution in [2.75, 3.05) is 13.2 Å². The van der Waals surface area contributed by atoms with Crippen molar-refractivity contribution in [3.05, 3.63) is 32.7 Å². The Balaban J connectivity index is 2.14. The van der Waals surface area contributed by atoms with Crippen LogP contribution in [0.4, 0.5) is 0 Å². The zero-order chi connectivity index (χ0) is 14.4. The molecule has 2 N–H and O–H groups in total. The van der Waals surface area contributed by atoms with Gasteiger partial charge in [-0.15, -0.1) is 0 Å². The third kappa shape index (κ3) is 2.03. The van der Waals surface area contributed by atoms with Crippen molar-refractivity contribution >= 4 is 27.0 Å². The van der Waals surface area contributed by atoms with Gasteiger partial charge in [0.15, 0.2) is 0 Å². The summed E-state index contributed by atoms with van der Waals surface area (Å²) in [5, 5.41) is 0. The third-order valence-corrected chi connectivity index (χ3v) is 4.91. The van der Waals surface area contributed by atoms with Gasteiger partial charge >= 0.3 is 5.69 Å². The summed E-state index contributed by atoms with van der Waals surface area (Å²) >= 11 is 3.59. The Bertz CT molecular complexity index is 713. The summed E-state index contributed by atoms with van der Waals surface area (Å²) in [6, 6.07) is 3.91. The molecule has 1 saturated heterocycles. The van der Waals surface area contributed by atoms with E-state index in [-0.39, 0.29) is 11.7 Å². The largest absolute Gasteiger partial charge is 0.381 e. The lowest BCUT2D eigenvalue weighted by molar-refractivity contribution is 0.181. The molecule has 0 amide bonds. The Morgan fingerprint density at radius 3 is 2.60 bits per heavy atom. The Morgan fingerprint density at radius 2 is 2.00 bits per heavy atom. The summed E-state index contributed by atoms with van der Waals surface area (Å²) in [7, 11) is 3.56. The molecule has 108 valence electrons. The predicted octanol–water partition coefficient (Wildman–Crippen LogP) is 1.68. The second-order valence-electron chi connectivity index (χ2n) is 5.41. The molecule has 0 aliphatic carbocycles. The second kappa shape index (κ2) is 5.02. The van der Waals surface area contributed by atoms with Gasteiger partial charge in [-0.25, -0.2) is 4.79 Å². The number of fused-ring (bicyclic) bond motifs is 1. The number of rotatable bonds is 2. The van der Waals surface area contributed by atoms with E-state index in [9.17, 15) is 4.79 Å². The highest BCUT2D eigenvalue weighted by atomic mass is 79.9. The van der Waals surface area contributed by atoms with Crippen LogP contribution in [0, 0.1) is 5.92 Å². The number of hydrogen-bond donors (Lipinski definition) is 1. The van der Waals surface area contributed by atoms with Crippen molar-refractivity contribution in [1.82, 2.24) is 9.13 Å². The molecule has 2 atom stereocenters. The minimum atomic E-state index is -0.0772. The van der Waals surface area contributed by atoms with Gasteiger partial charge in [0, 0.05) is 37.1 Å². The molecule has 1 aliphatic rings. The highest BCUT2D eigenvalue weighted by molar-refractivity contribution is 9.10. The Morgan fingerprint density at radius 1 is 1.35 bits per heavy atom. The molecule has 1 aromatic carbocycles. The van der Waals surface area contributed by atoms with E-state index in [1.807, 2.05) is 12.1 Å². The highest BCUT2D eigenvalue weighted by Crippen LogP contribution is 2.33. The van der Waals surface area contributed by atoms with E-state index in [0.717, 1.165) is 34.1 Å². The van der Waals surface area contributed by atoms with Gasteiger partial charge < -0.3 is 10.5 Å². The molecule has 5 nitrogen and oxygen atoms in total. The number of hydrogen-bond acceptors (Lipinski definition) is 3. The van der Waals surface area contributed by atoms with Gasteiger partial charge in [0.2, 0.25) is 0 Å². The summed E-state index contributed by atoms with van der Waals surface area (Å²) in [5.74, 6) is 0.337. The maximum atomic E-state index is 12.0. The van der Waals surface area contributed by atoms with Crippen LogP contribution in [0.1, 0.15) is 18.0 Å². The predicted molar refractivity (Wildman–Crippen MR) is 81.7 cm³/mol. The molecule has 3 rings (SSSR count). The fourth-order valence-corrected chi connectivity index (χ4v) is 3.48. The first-order valence-corrected chi connectivity index (χ1v) is 7.48. The fraction of sp³-hybridized carbons (Fsp3) is 0.500. The van der Waals surface area contributed by atoms with Crippen LogP contribution >= 0.6 is 15.9 Å². The minimum absolute atomic E-state index is 0.0261. The van der Waals surface area contributed by atoms with Crippen LogP contribution in [0.15, 0.2) is 21.4 Å². The molecule has 20 heavy (non-hydrogen) atoms. The van der Waals surface area contributed by atoms with Gasteiger partial charge in [0.05, 0.1) is 17.6 Å². The quantitative estimate of drug-likeness (QED) is 0.905. The number of imidazole rings is 1. The lowest BCUT2D eigenvalue weighted by Crippen LogP contribution is -2.22. The van der Waals surface area contributed by atoms with Crippen molar-refractivity contribution in [3.8, 4) is 0 Å². The van der Waals surface area contributed by atoms with Gasteiger partial charge in [-0.3, -0.25) is 9.13 Å². The number of aromatic nitrogens is 2. The molecule has 1 fully saturated rings. The molecule has 2 unspecified atom stereocenters. The standard InChI is InChI=1S/C14H18BrN3O2/c1-17-11-5-9(13(16)8-3-4-20-7-8)10(15)6-12(11)18(2)14(17)19/h5-6,8,13H,3-4,7,16H2,1-2H3. The summed E-state index contributed by atoms with van der Waals surface area (Å²) < 4.78 is 9.67. The van der Waals surface area contributed by atoms with Crippen molar-refractivity contribution in [3.63, 3.8) is 0 Å². The Labute approximate surface area is 125 Å². The van der Waals surface area contributed by atoms with Crippen LogP contribution in [0.25, 0.3) is 11.0 Å². The molecular weight excluding hydrogens is 322 g/mol. The monoisotopic (exact) mass is 339 g/mol. The molecule has 0 saturated carbocycles. The molecule has 1 aromatic heterocycles. The molecule has 0 bridgehead atoms. The number of benzene rings is 1. The number of aryl methyl sites for hydroxylation is 2. The maximum absolute atomic E-state index is 12.0. The van der Waals surface area contributed by atoms with E-state index in [1.54, 1.807) is 23.2 Å². The normalized spacial score (nSPS) is 20.7. The molecule has 2 heterocycles. The summed E-state index contributed by atoms with van der Waals surface area (Å²) in [6.45, 7) is 1.49. The first kappa shape index (κ1) is 13.9. The zero-order valence-corrected chi connectivity index (χ0v) is 13.2. The lowest BCUT2D eigenvalue weighted by atomic mass is 9.93. The van der Waals surface area contributed by atoms with E-state index in [4.69, 9.17) is 10.5 Å². The first-order chi connectivity index (χ1) is 9.50. The van der Waals surface area contributed by atoms with Crippen molar-refractivity contribution in [1.29, 1.82) is 0 Å². The minimum Gasteiger partial charge on any atom is -0.381 e. The van der Waals surface area contributed by atoms with Crippen molar-refractivity contribution < 1.29 is 4.74 Å². The fourth-order valence-electron chi connectivity index (χ4n) is 2.88. The summed E-state index contributed by atoms with van der Waals surface area (Å²) in [5.41, 5.74) is 9.21. The number of halogens is 1. The van der Waals surface area contributed by atoms with Crippen LogP contribution in [0.2, 0.25) is 0 Å². The van der Waals surface area contributed by atoms with Gasteiger partial charge in [-0.1, -0.05) is 15.9 Å². The summed E-state index contributed by atoms with van der Waals surface area (Å²) in [6.07, 6.45) is 0.985. The van der Waals surface area contributed by atoms with Crippen LogP contribution in [0.3, 0.4) is 0 Å². The lowest BCUT2D eigenvalue weighted by Gasteiger charge is -2.19.